The minimum Gasteiger partial charge on any atom is -0.399 e. The van der Waals surface area contributed by atoms with Gasteiger partial charge in [-0.25, -0.2) is 0 Å². The molecule has 0 radical (unpaired) electrons. The number of hydrogen-bond donors (Lipinski definition) is 4. The van der Waals surface area contributed by atoms with Crippen LogP contribution in [0.1, 0.15) is 12.5 Å². The summed E-state index contributed by atoms with van der Waals surface area (Å²) in [6, 6.07) is 14.7. The van der Waals surface area contributed by atoms with E-state index in [0.717, 1.165) is 22.4 Å². The fourth-order valence-corrected chi connectivity index (χ4v) is 2.45. The largest absolute Gasteiger partial charge is 0.399 e. The number of nitrogens with one attached hydrogen (secondary N) is 2. The highest BCUT2D eigenvalue weighted by molar-refractivity contribution is 5.87. The summed E-state index contributed by atoms with van der Waals surface area (Å²) in [5.74, 6) is -0.795. The summed E-state index contributed by atoms with van der Waals surface area (Å²) in [5.41, 5.74) is 14.9. The Balaban J connectivity index is 2.03. The van der Waals surface area contributed by atoms with Gasteiger partial charge in [-0.3, -0.25) is 9.59 Å². The Kier molecular flexibility index (Phi) is 6.54. The van der Waals surface area contributed by atoms with Gasteiger partial charge in [0, 0.05) is 12.1 Å². The number of amides is 2. The van der Waals surface area contributed by atoms with Crippen LogP contribution in [0.3, 0.4) is 0 Å². The molecule has 0 aromatic heterocycles. The summed E-state index contributed by atoms with van der Waals surface area (Å²) in [4.78, 5) is 23.4. The van der Waals surface area contributed by atoms with Crippen LogP contribution >= 0.6 is 0 Å². The first-order valence-corrected chi connectivity index (χ1v) is 8.24. The van der Waals surface area contributed by atoms with Crippen LogP contribution in [0, 0.1) is 0 Å². The second-order valence-corrected chi connectivity index (χ2v) is 5.83. The Morgan fingerprint density at radius 1 is 1.00 bits per heavy atom. The number of hydrogen-bond acceptors (Lipinski definition) is 4. The molecular formula is C19H24N4O2. The summed E-state index contributed by atoms with van der Waals surface area (Å²) < 4.78 is 0. The zero-order chi connectivity index (χ0) is 18.2. The van der Waals surface area contributed by atoms with Gasteiger partial charge in [0.1, 0.15) is 6.04 Å². The first-order valence-electron chi connectivity index (χ1n) is 8.24. The Morgan fingerprint density at radius 2 is 1.56 bits per heavy atom. The lowest BCUT2D eigenvalue weighted by atomic mass is 10.00. The molecule has 6 N–H and O–H groups in total. The lowest BCUT2D eigenvalue weighted by Gasteiger charge is -2.16. The Bertz CT molecular complexity index is 711. The van der Waals surface area contributed by atoms with E-state index in [4.69, 9.17) is 11.5 Å². The van der Waals surface area contributed by atoms with Crippen molar-refractivity contribution in [3.05, 3.63) is 54.1 Å². The van der Waals surface area contributed by atoms with Crippen LogP contribution in [-0.2, 0) is 16.0 Å². The second-order valence-electron chi connectivity index (χ2n) is 5.83. The average molecular weight is 340 g/mol. The fourth-order valence-electron chi connectivity index (χ4n) is 2.45. The number of nitrogen functional groups attached to an aromatic ring is 1. The molecule has 0 bridgehead atoms. The summed E-state index contributed by atoms with van der Waals surface area (Å²) in [6.07, 6.45) is 0.356. The first kappa shape index (κ1) is 18.5. The monoisotopic (exact) mass is 340 g/mol. The normalized spacial score (nSPS) is 11.7. The summed E-state index contributed by atoms with van der Waals surface area (Å²) in [6.45, 7) is 2.75. The molecule has 132 valence electrons. The van der Waals surface area contributed by atoms with Crippen molar-refractivity contribution in [2.75, 3.05) is 18.8 Å². The number of benzene rings is 2. The maximum Gasteiger partial charge on any atom is 0.240 e. The maximum atomic E-state index is 11.8. The van der Waals surface area contributed by atoms with Crippen LogP contribution in [0.15, 0.2) is 48.5 Å². The molecule has 0 spiro atoms. The van der Waals surface area contributed by atoms with Gasteiger partial charge in [-0.05, 0) is 35.4 Å². The number of carbonyl (C=O) groups excluding carboxylic acids is 2. The van der Waals surface area contributed by atoms with Crippen molar-refractivity contribution in [2.45, 2.75) is 19.4 Å². The van der Waals surface area contributed by atoms with E-state index in [9.17, 15) is 9.59 Å². The molecule has 6 heteroatoms. The molecule has 2 aromatic rings. The molecule has 0 saturated heterocycles. The van der Waals surface area contributed by atoms with Gasteiger partial charge in [0.05, 0.1) is 6.54 Å². The molecule has 25 heavy (non-hydrogen) atoms. The smallest absolute Gasteiger partial charge is 0.240 e. The quantitative estimate of drug-likeness (QED) is 0.539. The predicted octanol–water partition coefficient (Wildman–Crippen LogP) is 1.06. The van der Waals surface area contributed by atoms with Crippen molar-refractivity contribution in [3.63, 3.8) is 0 Å². The highest BCUT2D eigenvalue weighted by Crippen LogP contribution is 2.21. The van der Waals surface area contributed by atoms with E-state index in [1.165, 1.54) is 0 Å². The van der Waals surface area contributed by atoms with Gasteiger partial charge < -0.3 is 22.1 Å². The van der Waals surface area contributed by atoms with Gasteiger partial charge in [-0.2, -0.15) is 0 Å². The van der Waals surface area contributed by atoms with Crippen LogP contribution in [0.4, 0.5) is 5.69 Å². The van der Waals surface area contributed by atoms with Gasteiger partial charge in [0.25, 0.3) is 0 Å². The van der Waals surface area contributed by atoms with Crippen LogP contribution in [0.5, 0.6) is 0 Å². The molecule has 0 unspecified atom stereocenters. The van der Waals surface area contributed by atoms with Crippen molar-refractivity contribution in [2.24, 2.45) is 5.73 Å². The third kappa shape index (κ3) is 5.61. The molecule has 1 atom stereocenters. The van der Waals surface area contributed by atoms with Crippen LogP contribution < -0.4 is 22.1 Å². The Labute approximate surface area is 147 Å². The van der Waals surface area contributed by atoms with E-state index >= 15 is 0 Å². The minimum atomic E-state index is -0.728. The molecule has 0 fully saturated rings. The van der Waals surface area contributed by atoms with Gasteiger partial charge in [0.2, 0.25) is 11.8 Å². The number of primary amides is 1. The van der Waals surface area contributed by atoms with E-state index in [1.54, 1.807) is 0 Å². The second kappa shape index (κ2) is 8.84. The molecule has 0 aliphatic rings. The SMILES string of the molecule is CCNCC(=O)N[C@H](Cc1ccc(-c2ccc(N)cc2)cc1)C(N)=O. The fraction of sp³-hybridized carbons (Fsp3) is 0.263. The highest BCUT2D eigenvalue weighted by atomic mass is 16.2. The van der Waals surface area contributed by atoms with Crippen LogP contribution in [0.2, 0.25) is 0 Å². The van der Waals surface area contributed by atoms with Crippen molar-refractivity contribution in [1.82, 2.24) is 10.6 Å². The molecule has 0 aliphatic heterocycles. The molecular weight excluding hydrogens is 316 g/mol. The van der Waals surface area contributed by atoms with Gasteiger partial charge in [-0.1, -0.05) is 43.3 Å². The van der Waals surface area contributed by atoms with Crippen molar-refractivity contribution < 1.29 is 9.59 Å². The zero-order valence-electron chi connectivity index (χ0n) is 14.3. The highest BCUT2D eigenvalue weighted by Gasteiger charge is 2.18. The van der Waals surface area contributed by atoms with Gasteiger partial charge in [-0.15, -0.1) is 0 Å². The topological polar surface area (TPSA) is 110 Å². The predicted molar refractivity (Wildman–Crippen MR) is 99.7 cm³/mol. The van der Waals surface area contributed by atoms with Gasteiger partial charge in [0.15, 0.2) is 0 Å². The van der Waals surface area contributed by atoms with E-state index in [2.05, 4.69) is 10.6 Å². The summed E-state index contributed by atoms with van der Waals surface area (Å²) >= 11 is 0. The maximum absolute atomic E-state index is 11.8. The lowest BCUT2D eigenvalue weighted by molar-refractivity contribution is -0.126. The number of carbonyl (C=O) groups is 2. The lowest BCUT2D eigenvalue weighted by Crippen LogP contribution is -2.48. The van der Waals surface area contributed by atoms with Crippen LogP contribution in [0.25, 0.3) is 11.1 Å². The summed E-state index contributed by atoms with van der Waals surface area (Å²) in [5, 5.41) is 5.58. The third-order valence-corrected chi connectivity index (χ3v) is 3.85. The molecule has 0 aliphatic carbocycles. The van der Waals surface area contributed by atoms with Crippen LogP contribution in [-0.4, -0.2) is 30.9 Å². The molecule has 0 heterocycles. The first-order chi connectivity index (χ1) is 12.0. The molecule has 2 aromatic carbocycles. The summed E-state index contributed by atoms with van der Waals surface area (Å²) in [7, 11) is 0. The van der Waals surface area contributed by atoms with E-state index in [0.29, 0.717) is 13.0 Å². The van der Waals surface area contributed by atoms with Crippen molar-refractivity contribution in [3.8, 4) is 11.1 Å². The number of nitrogens with two attached hydrogens (primary N) is 2. The number of rotatable bonds is 8. The Morgan fingerprint density at radius 3 is 2.08 bits per heavy atom. The van der Waals surface area contributed by atoms with Crippen molar-refractivity contribution >= 4 is 17.5 Å². The molecule has 0 saturated carbocycles. The van der Waals surface area contributed by atoms with Crippen molar-refractivity contribution in [1.29, 1.82) is 0 Å². The third-order valence-electron chi connectivity index (χ3n) is 3.85. The van der Waals surface area contributed by atoms with E-state index < -0.39 is 11.9 Å². The van der Waals surface area contributed by atoms with E-state index in [1.807, 2.05) is 55.5 Å². The van der Waals surface area contributed by atoms with Gasteiger partial charge >= 0.3 is 0 Å². The molecule has 6 nitrogen and oxygen atoms in total. The Hall–Kier alpha value is -2.86. The molecule has 2 rings (SSSR count). The average Bonchev–Trinajstić information content (AvgIpc) is 2.60. The standard InChI is InChI=1S/C19H24N4O2/c1-2-22-12-18(24)23-17(19(21)25)11-13-3-5-14(6-4-13)15-7-9-16(20)10-8-15/h3-10,17,22H,2,11-12,20H2,1H3,(H2,21,25)(H,23,24)/t17-/m1/s1. The number of anilines is 1. The zero-order valence-corrected chi connectivity index (χ0v) is 14.3. The number of likely N-dealkylation sites (N-methyl/N-ethyl adjacent to an activating group) is 1. The molecule has 2 amide bonds. The van der Waals surface area contributed by atoms with E-state index in [-0.39, 0.29) is 12.5 Å². The minimum absolute atomic E-state index is 0.163.